The molecule has 0 atom stereocenters. The van der Waals surface area contributed by atoms with Gasteiger partial charge in [0.2, 0.25) is 11.8 Å². The first kappa shape index (κ1) is 16.6. The van der Waals surface area contributed by atoms with Crippen LogP contribution in [0, 0.1) is 5.41 Å². The van der Waals surface area contributed by atoms with Crippen LogP contribution in [0.4, 0.5) is 11.4 Å². The molecule has 3 rings (SSSR count). The van der Waals surface area contributed by atoms with Crippen molar-refractivity contribution < 1.29 is 9.59 Å². The van der Waals surface area contributed by atoms with Crippen molar-refractivity contribution in [3.05, 3.63) is 36.9 Å². The molecule has 2 aliphatic rings. The van der Waals surface area contributed by atoms with E-state index in [1.807, 2.05) is 24.3 Å². The maximum Gasteiger partial charge on any atom is 0.240 e. The Kier molecular flexibility index (Phi) is 4.88. The van der Waals surface area contributed by atoms with Gasteiger partial charge in [0.1, 0.15) is 5.41 Å². The smallest absolute Gasteiger partial charge is 0.240 e. The normalized spacial score (nSPS) is 18.6. The fraction of sp³-hybridized carbons (Fsp3) is 0.474. The summed E-state index contributed by atoms with van der Waals surface area (Å²) in [7, 11) is 0. The van der Waals surface area contributed by atoms with Crippen LogP contribution >= 0.6 is 0 Å². The predicted molar refractivity (Wildman–Crippen MR) is 96.0 cm³/mol. The van der Waals surface area contributed by atoms with Gasteiger partial charge < -0.3 is 15.5 Å². The largest absolute Gasteiger partial charge is 0.372 e. The van der Waals surface area contributed by atoms with E-state index in [1.54, 1.807) is 6.08 Å². The molecule has 0 unspecified atom stereocenters. The highest BCUT2D eigenvalue weighted by Crippen LogP contribution is 2.46. The summed E-state index contributed by atoms with van der Waals surface area (Å²) in [5, 5.41) is 5.62. The SMILES string of the molecule is C=CCNC(=O)C1(C(=O)Nc2ccc(N3CCCCC3)cc2)CC1. The van der Waals surface area contributed by atoms with Gasteiger partial charge in [-0.2, -0.15) is 0 Å². The minimum Gasteiger partial charge on any atom is -0.372 e. The summed E-state index contributed by atoms with van der Waals surface area (Å²) in [6.07, 6.45) is 6.61. The second-order valence-electron chi connectivity index (χ2n) is 6.63. The van der Waals surface area contributed by atoms with Crippen molar-refractivity contribution >= 4 is 23.2 Å². The number of piperidine rings is 1. The highest BCUT2D eigenvalue weighted by Gasteiger charge is 2.56. The second kappa shape index (κ2) is 7.07. The summed E-state index contributed by atoms with van der Waals surface area (Å²) >= 11 is 0. The van der Waals surface area contributed by atoms with E-state index in [0.717, 1.165) is 18.8 Å². The third kappa shape index (κ3) is 3.45. The molecule has 1 aliphatic carbocycles. The number of carbonyl (C=O) groups is 2. The fourth-order valence-electron chi connectivity index (χ4n) is 3.17. The number of carbonyl (C=O) groups excluding carboxylic acids is 2. The first-order chi connectivity index (χ1) is 11.7. The van der Waals surface area contributed by atoms with Gasteiger partial charge >= 0.3 is 0 Å². The summed E-state index contributed by atoms with van der Waals surface area (Å²) in [4.78, 5) is 27.0. The monoisotopic (exact) mass is 327 g/mol. The van der Waals surface area contributed by atoms with Crippen LogP contribution in [0.25, 0.3) is 0 Å². The zero-order valence-electron chi connectivity index (χ0n) is 14.0. The van der Waals surface area contributed by atoms with Gasteiger partial charge in [0.05, 0.1) is 0 Å². The van der Waals surface area contributed by atoms with Crippen LogP contribution in [-0.2, 0) is 9.59 Å². The quantitative estimate of drug-likeness (QED) is 0.624. The Bertz CT molecular complexity index is 614. The first-order valence-corrected chi connectivity index (χ1v) is 8.71. The van der Waals surface area contributed by atoms with Crippen LogP contribution in [0.5, 0.6) is 0 Å². The molecule has 128 valence electrons. The van der Waals surface area contributed by atoms with Crippen molar-refractivity contribution in [3.8, 4) is 0 Å². The van der Waals surface area contributed by atoms with Crippen LogP contribution in [0.2, 0.25) is 0 Å². The Balaban J connectivity index is 1.60. The van der Waals surface area contributed by atoms with Crippen molar-refractivity contribution in [2.75, 3.05) is 29.9 Å². The third-order valence-corrected chi connectivity index (χ3v) is 4.87. The van der Waals surface area contributed by atoms with E-state index in [2.05, 4.69) is 22.1 Å². The molecule has 2 fully saturated rings. The van der Waals surface area contributed by atoms with Gasteiger partial charge in [-0.3, -0.25) is 9.59 Å². The molecular weight excluding hydrogens is 302 g/mol. The molecule has 1 aliphatic heterocycles. The number of hydrogen-bond acceptors (Lipinski definition) is 3. The van der Waals surface area contributed by atoms with Gasteiger partial charge in [-0.25, -0.2) is 0 Å². The Morgan fingerprint density at radius 2 is 1.75 bits per heavy atom. The van der Waals surface area contributed by atoms with E-state index in [1.165, 1.54) is 24.9 Å². The van der Waals surface area contributed by atoms with Gasteiger partial charge in [0, 0.05) is 31.0 Å². The zero-order valence-corrected chi connectivity index (χ0v) is 14.0. The second-order valence-corrected chi connectivity index (χ2v) is 6.63. The zero-order chi connectivity index (χ0) is 17.0. The highest BCUT2D eigenvalue weighted by atomic mass is 16.2. The topological polar surface area (TPSA) is 61.4 Å². The molecule has 1 aromatic rings. The van der Waals surface area contributed by atoms with Crippen molar-refractivity contribution in [2.45, 2.75) is 32.1 Å². The number of nitrogens with one attached hydrogen (secondary N) is 2. The van der Waals surface area contributed by atoms with E-state index < -0.39 is 5.41 Å². The highest BCUT2D eigenvalue weighted by molar-refractivity contribution is 6.13. The number of hydrogen-bond donors (Lipinski definition) is 2. The lowest BCUT2D eigenvalue weighted by Crippen LogP contribution is -2.40. The Hall–Kier alpha value is -2.30. The minimum atomic E-state index is -0.894. The Morgan fingerprint density at radius 1 is 1.08 bits per heavy atom. The molecule has 5 heteroatoms. The molecule has 5 nitrogen and oxygen atoms in total. The summed E-state index contributed by atoms with van der Waals surface area (Å²) in [5.74, 6) is -0.417. The van der Waals surface area contributed by atoms with Gasteiger partial charge in [-0.1, -0.05) is 6.08 Å². The predicted octanol–water partition coefficient (Wildman–Crippen LogP) is 2.70. The number of benzene rings is 1. The van der Waals surface area contributed by atoms with Crippen molar-refractivity contribution in [1.82, 2.24) is 5.32 Å². The molecule has 0 radical (unpaired) electrons. The molecule has 1 saturated heterocycles. The Morgan fingerprint density at radius 3 is 2.33 bits per heavy atom. The molecule has 0 spiro atoms. The van der Waals surface area contributed by atoms with Gasteiger partial charge in [0.15, 0.2) is 0 Å². The van der Waals surface area contributed by atoms with Crippen LogP contribution in [0.3, 0.4) is 0 Å². The lowest BCUT2D eigenvalue weighted by Gasteiger charge is -2.28. The van der Waals surface area contributed by atoms with E-state index in [0.29, 0.717) is 19.4 Å². The molecule has 0 bridgehead atoms. The molecular formula is C19H25N3O2. The lowest BCUT2D eigenvalue weighted by atomic mass is 10.0. The van der Waals surface area contributed by atoms with Crippen molar-refractivity contribution in [3.63, 3.8) is 0 Å². The van der Waals surface area contributed by atoms with E-state index in [-0.39, 0.29) is 11.8 Å². The van der Waals surface area contributed by atoms with Crippen molar-refractivity contribution in [1.29, 1.82) is 0 Å². The molecule has 2 N–H and O–H groups in total. The molecule has 1 saturated carbocycles. The lowest BCUT2D eigenvalue weighted by molar-refractivity contribution is -0.134. The average Bonchev–Trinajstić information content (AvgIpc) is 3.43. The van der Waals surface area contributed by atoms with Crippen LogP contribution in [0.1, 0.15) is 32.1 Å². The number of nitrogens with zero attached hydrogens (tertiary/aromatic N) is 1. The summed E-state index contributed by atoms with van der Waals surface area (Å²) < 4.78 is 0. The number of amides is 2. The average molecular weight is 327 g/mol. The maximum atomic E-state index is 12.5. The fourth-order valence-corrected chi connectivity index (χ4v) is 3.17. The van der Waals surface area contributed by atoms with Gasteiger partial charge in [-0.05, 0) is 56.4 Å². The summed E-state index contributed by atoms with van der Waals surface area (Å²) in [5.41, 5.74) is 1.04. The molecule has 0 aromatic heterocycles. The van der Waals surface area contributed by atoms with E-state index in [9.17, 15) is 9.59 Å². The minimum absolute atomic E-state index is 0.204. The summed E-state index contributed by atoms with van der Waals surface area (Å²) in [6, 6.07) is 7.91. The van der Waals surface area contributed by atoms with E-state index >= 15 is 0 Å². The van der Waals surface area contributed by atoms with Gasteiger partial charge in [0.25, 0.3) is 0 Å². The van der Waals surface area contributed by atoms with Crippen LogP contribution in [0.15, 0.2) is 36.9 Å². The Labute approximate surface area is 143 Å². The maximum absolute atomic E-state index is 12.5. The number of anilines is 2. The van der Waals surface area contributed by atoms with Crippen molar-refractivity contribution in [2.24, 2.45) is 5.41 Å². The molecule has 24 heavy (non-hydrogen) atoms. The van der Waals surface area contributed by atoms with Crippen LogP contribution < -0.4 is 15.5 Å². The third-order valence-electron chi connectivity index (χ3n) is 4.87. The molecule has 2 amide bonds. The first-order valence-electron chi connectivity index (χ1n) is 8.71. The number of rotatable bonds is 6. The van der Waals surface area contributed by atoms with Gasteiger partial charge in [-0.15, -0.1) is 6.58 Å². The molecule has 1 aromatic carbocycles. The summed E-state index contributed by atoms with van der Waals surface area (Å²) in [6.45, 7) is 6.15. The molecule has 1 heterocycles. The van der Waals surface area contributed by atoms with Crippen LogP contribution in [-0.4, -0.2) is 31.4 Å². The van der Waals surface area contributed by atoms with E-state index in [4.69, 9.17) is 0 Å². The standard InChI is InChI=1S/C19H25N3O2/c1-2-12-20-17(23)19(10-11-19)18(24)21-15-6-8-16(9-7-15)22-13-4-3-5-14-22/h2,6-9H,1,3-5,10-14H2,(H,20,23)(H,21,24).